The van der Waals surface area contributed by atoms with Gasteiger partial charge in [-0.1, -0.05) is 44.2 Å². The van der Waals surface area contributed by atoms with Crippen molar-refractivity contribution in [3.05, 3.63) is 71.7 Å². The van der Waals surface area contributed by atoms with Gasteiger partial charge in [0.1, 0.15) is 11.6 Å². The van der Waals surface area contributed by atoms with Gasteiger partial charge >= 0.3 is 0 Å². The number of amides is 1. The maximum Gasteiger partial charge on any atom is 0.220 e. The molecule has 3 aromatic rings. The normalized spacial score (nSPS) is 12.7. The van der Waals surface area contributed by atoms with Crippen LogP contribution in [0.4, 0.5) is 0 Å². The highest BCUT2D eigenvalue weighted by atomic mass is 32.2. The Morgan fingerprint density at radius 3 is 2.47 bits per heavy atom. The fourth-order valence-electron chi connectivity index (χ4n) is 4.25. The van der Waals surface area contributed by atoms with Gasteiger partial charge in [0.25, 0.3) is 0 Å². The smallest absolute Gasteiger partial charge is 0.220 e. The topological polar surface area (TPSA) is 114 Å². The zero-order chi connectivity index (χ0) is 27.5. The molecular formula is C27H40N6O4S. The van der Waals surface area contributed by atoms with Crippen LogP contribution >= 0.6 is 0 Å². The van der Waals surface area contributed by atoms with Gasteiger partial charge in [0.05, 0.1) is 31.1 Å². The number of aromatic nitrogens is 3. The van der Waals surface area contributed by atoms with Crippen LogP contribution in [0.3, 0.4) is 0 Å². The average Bonchev–Trinajstić information content (AvgIpc) is 3.54. The van der Waals surface area contributed by atoms with Crippen molar-refractivity contribution < 1.29 is 17.6 Å². The minimum atomic E-state index is -3.56. The average molecular weight is 545 g/mol. The van der Waals surface area contributed by atoms with E-state index in [0.717, 1.165) is 25.2 Å². The zero-order valence-electron chi connectivity index (χ0n) is 22.8. The lowest BCUT2D eigenvalue weighted by Gasteiger charge is -2.19. The van der Waals surface area contributed by atoms with E-state index in [2.05, 4.69) is 33.6 Å². The summed E-state index contributed by atoms with van der Waals surface area (Å²) in [4.78, 5) is 20.8. The summed E-state index contributed by atoms with van der Waals surface area (Å²) < 4.78 is 36.0. The van der Waals surface area contributed by atoms with Crippen molar-refractivity contribution in [2.45, 2.75) is 59.2 Å². The SMILES string of the molecule is CCN(CC)CCCS(=O)(=O)N[C@H](CCc1ccccc1)c1nc(CN(Cc2ccco2)C(C)=O)n(C)n1. The number of sulfonamides is 1. The van der Waals surface area contributed by atoms with Crippen LogP contribution < -0.4 is 4.72 Å². The second kappa shape index (κ2) is 14.2. The summed E-state index contributed by atoms with van der Waals surface area (Å²) in [6.45, 7) is 8.68. The van der Waals surface area contributed by atoms with Crippen molar-refractivity contribution in [2.24, 2.45) is 7.05 Å². The molecule has 38 heavy (non-hydrogen) atoms. The number of carbonyl (C=O) groups excluding carboxylic acids is 1. The molecule has 2 heterocycles. The van der Waals surface area contributed by atoms with Crippen molar-refractivity contribution in [2.75, 3.05) is 25.4 Å². The number of carbonyl (C=O) groups is 1. The molecule has 0 spiro atoms. The van der Waals surface area contributed by atoms with E-state index in [0.29, 0.717) is 43.2 Å². The monoisotopic (exact) mass is 544 g/mol. The number of hydrogen-bond acceptors (Lipinski definition) is 7. The van der Waals surface area contributed by atoms with Crippen LogP contribution in [0, 0.1) is 0 Å². The molecule has 0 bridgehead atoms. The molecule has 10 nitrogen and oxygen atoms in total. The Bertz CT molecular complexity index is 1220. The van der Waals surface area contributed by atoms with E-state index < -0.39 is 16.1 Å². The van der Waals surface area contributed by atoms with Crippen molar-refractivity contribution in [3.8, 4) is 0 Å². The molecule has 208 valence electrons. The van der Waals surface area contributed by atoms with Crippen LogP contribution in [0.1, 0.15) is 62.6 Å². The van der Waals surface area contributed by atoms with E-state index >= 15 is 0 Å². The first-order chi connectivity index (χ1) is 18.2. The molecule has 0 fully saturated rings. The highest BCUT2D eigenvalue weighted by molar-refractivity contribution is 7.89. The molecule has 11 heteroatoms. The minimum Gasteiger partial charge on any atom is -0.467 e. The maximum absolute atomic E-state index is 13.1. The van der Waals surface area contributed by atoms with Crippen molar-refractivity contribution in [3.63, 3.8) is 0 Å². The number of rotatable bonds is 16. The third-order valence-corrected chi connectivity index (χ3v) is 8.02. The van der Waals surface area contributed by atoms with E-state index in [1.807, 2.05) is 36.4 Å². The first-order valence-electron chi connectivity index (χ1n) is 13.1. The van der Waals surface area contributed by atoms with Gasteiger partial charge in [0, 0.05) is 14.0 Å². The molecule has 0 unspecified atom stereocenters. The largest absolute Gasteiger partial charge is 0.467 e. The van der Waals surface area contributed by atoms with Gasteiger partial charge in [-0.2, -0.15) is 5.10 Å². The number of aryl methyl sites for hydroxylation is 2. The molecule has 0 radical (unpaired) electrons. The van der Waals surface area contributed by atoms with Gasteiger partial charge in [-0.3, -0.25) is 9.48 Å². The molecule has 1 N–H and O–H groups in total. The number of nitrogens with zero attached hydrogens (tertiary/aromatic N) is 5. The predicted molar refractivity (Wildman–Crippen MR) is 146 cm³/mol. The molecule has 2 aromatic heterocycles. The van der Waals surface area contributed by atoms with Gasteiger partial charge in [-0.15, -0.1) is 0 Å². The van der Waals surface area contributed by atoms with Gasteiger partial charge in [0.2, 0.25) is 15.9 Å². The molecule has 1 aromatic carbocycles. The van der Waals surface area contributed by atoms with E-state index in [1.165, 1.54) is 6.92 Å². The summed E-state index contributed by atoms with van der Waals surface area (Å²) in [6.07, 6.45) is 3.29. The molecule has 0 aliphatic rings. The van der Waals surface area contributed by atoms with Crippen LogP contribution in [0.25, 0.3) is 0 Å². The molecule has 0 saturated heterocycles. The Morgan fingerprint density at radius 1 is 1.11 bits per heavy atom. The summed E-state index contributed by atoms with van der Waals surface area (Å²) in [7, 11) is -1.81. The van der Waals surface area contributed by atoms with Gasteiger partial charge in [-0.05, 0) is 56.6 Å². The molecule has 0 aliphatic carbocycles. The van der Waals surface area contributed by atoms with Crippen molar-refractivity contribution in [1.29, 1.82) is 0 Å². The number of nitrogens with one attached hydrogen (secondary N) is 1. The molecule has 3 rings (SSSR count). The first kappa shape index (κ1) is 29.5. The lowest BCUT2D eigenvalue weighted by molar-refractivity contribution is -0.130. The first-order valence-corrected chi connectivity index (χ1v) is 14.8. The summed E-state index contributed by atoms with van der Waals surface area (Å²) in [5.74, 6) is 1.53. The second-order valence-corrected chi connectivity index (χ2v) is 11.2. The summed E-state index contributed by atoms with van der Waals surface area (Å²) in [5.41, 5.74) is 1.11. The lowest BCUT2D eigenvalue weighted by atomic mass is 10.1. The van der Waals surface area contributed by atoms with Crippen molar-refractivity contribution >= 4 is 15.9 Å². The number of benzene rings is 1. The Kier molecular flexibility index (Phi) is 11.1. The van der Waals surface area contributed by atoms with Gasteiger partial charge in [-0.25, -0.2) is 18.1 Å². The molecule has 0 aliphatic heterocycles. The maximum atomic E-state index is 13.1. The van der Waals surface area contributed by atoms with Gasteiger partial charge < -0.3 is 14.2 Å². The number of hydrogen-bond donors (Lipinski definition) is 1. The Morgan fingerprint density at radius 2 is 1.84 bits per heavy atom. The fourth-order valence-corrected chi connectivity index (χ4v) is 5.54. The quantitative estimate of drug-likeness (QED) is 0.294. The Hall–Kier alpha value is -3.02. The molecule has 0 saturated carbocycles. The van der Waals surface area contributed by atoms with Crippen LogP contribution in [0.15, 0.2) is 53.1 Å². The van der Waals surface area contributed by atoms with Crippen LogP contribution in [0.2, 0.25) is 0 Å². The summed E-state index contributed by atoms with van der Waals surface area (Å²) in [6, 6.07) is 12.9. The molecular weight excluding hydrogens is 504 g/mol. The molecule has 1 atom stereocenters. The molecule has 1 amide bonds. The third-order valence-electron chi connectivity index (χ3n) is 6.55. The Labute approximate surface area is 226 Å². The minimum absolute atomic E-state index is 0.0340. The fraction of sp³-hybridized carbons (Fsp3) is 0.519. The Balaban J connectivity index is 1.76. The van der Waals surface area contributed by atoms with Crippen molar-refractivity contribution in [1.82, 2.24) is 29.3 Å². The van der Waals surface area contributed by atoms with E-state index in [1.54, 1.807) is 29.0 Å². The lowest BCUT2D eigenvalue weighted by Crippen LogP contribution is -2.33. The summed E-state index contributed by atoms with van der Waals surface area (Å²) >= 11 is 0. The second-order valence-electron chi connectivity index (χ2n) is 9.36. The van der Waals surface area contributed by atoms with Crippen LogP contribution in [-0.4, -0.2) is 64.3 Å². The van der Waals surface area contributed by atoms with E-state index in [-0.39, 0.29) is 18.2 Å². The summed E-state index contributed by atoms with van der Waals surface area (Å²) in [5, 5.41) is 4.56. The third kappa shape index (κ3) is 9.07. The van der Waals surface area contributed by atoms with Crippen LogP contribution in [-0.2, 0) is 41.4 Å². The predicted octanol–water partition coefficient (Wildman–Crippen LogP) is 3.28. The van der Waals surface area contributed by atoms with Crippen LogP contribution in [0.5, 0.6) is 0 Å². The zero-order valence-corrected chi connectivity index (χ0v) is 23.7. The number of furan rings is 1. The standard InChI is InChI=1S/C27H40N6O4S/c1-5-32(6-2)17-11-19-38(35,36)30-25(16-15-23-12-8-7-9-13-23)27-28-26(31(4)29-27)21-33(22(3)34)20-24-14-10-18-37-24/h7-10,12-14,18,25,30H,5-6,11,15-17,19-21H2,1-4H3/t25-/m1/s1. The van der Waals surface area contributed by atoms with E-state index in [4.69, 9.17) is 4.42 Å². The van der Waals surface area contributed by atoms with E-state index in [9.17, 15) is 13.2 Å². The highest BCUT2D eigenvalue weighted by Gasteiger charge is 2.25. The van der Waals surface area contributed by atoms with Gasteiger partial charge in [0.15, 0.2) is 5.82 Å². The highest BCUT2D eigenvalue weighted by Crippen LogP contribution is 2.20.